The van der Waals surface area contributed by atoms with Gasteiger partial charge in [0.15, 0.2) is 0 Å². The summed E-state index contributed by atoms with van der Waals surface area (Å²) in [6, 6.07) is 9.74. The number of esters is 1. The Bertz CT molecular complexity index is 426. The zero-order valence-corrected chi connectivity index (χ0v) is 10.3. The van der Waals surface area contributed by atoms with Crippen molar-refractivity contribution in [1.82, 2.24) is 0 Å². The highest BCUT2D eigenvalue weighted by molar-refractivity contribution is 5.74. The second-order valence-electron chi connectivity index (χ2n) is 5.76. The number of benzene rings is 1. The first-order valence-corrected chi connectivity index (χ1v) is 6.56. The Morgan fingerprint density at radius 1 is 1.22 bits per heavy atom. The molecule has 3 nitrogen and oxygen atoms in total. The average Bonchev–Trinajstić information content (AvgIpc) is 2.30. The van der Waals surface area contributed by atoms with Crippen molar-refractivity contribution < 1.29 is 14.6 Å². The van der Waals surface area contributed by atoms with E-state index in [1.54, 1.807) is 0 Å². The van der Waals surface area contributed by atoms with Crippen LogP contribution in [0.25, 0.3) is 0 Å². The molecule has 0 heterocycles. The molecule has 1 aromatic carbocycles. The Labute approximate surface area is 107 Å². The molecule has 0 atom stereocenters. The van der Waals surface area contributed by atoms with Gasteiger partial charge in [0.05, 0.1) is 12.0 Å². The zero-order chi connectivity index (χ0) is 12.6. The summed E-state index contributed by atoms with van der Waals surface area (Å²) >= 11 is 0. The van der Waals surface area contributed by atoms with Gasteiger partial charge >= 0.3 is 5.97 Å². The van der Waals surface area contributed by atoms with E-state index >= 15 is 0 Å². The van der Waals surface area contributed by atoms with Crippen molar-refractivity contribution in [1.29, 1.82) is 0 Å². The van der Waals surface area contributed by atoms with Gasteiger partial charge in [0.2, 0.25) is 0 Å². The SMILES string of the molecule is O=C(OCc1ccccc1)[C@H]1CC2(C[C@@H](O)C2)C1. The Balaban J connectivity index is 1.44. The minimum Gasteiger partial charge on any atom is -0.461 e. The summed E-state index contributed by atoms with van der Waals surface area (Å²) in [5, 5.41) is 9.31. The van der Waals surface area contributed by atoms with E-state index in [-0.39, 0.29) is 23.4 Å². The lowest BCUT2D eigenvalue weighted by atomic mass is 9.51. The van der Waals surface area contributed by atoms with Gasteiger partial charge in [0, 0.05) is 0 Å². The number of hydrogen-bond acceptors (Lipinski definition) is 3. The van der Waals surface area contributed by atoms with Gasteiger partial charge in [-0.15, -0.1) is 0 Å². The summed E-state index contributed by atoms with van der Waals surface area (Å²) in [6.07, 6.45) is 3.41. The molecule has 2 aliphatic carbocycles. The molecule has 0 unspecified atom stereocenters. The van der Waals surface area contributed by atoms with Crippen molar-refractivity contribution in [2.75, 3.05) is 0 Å². The van der Waals surface area contributed by atoms with Gasteiger partial charge in [-0.25, -0.2) is 0 Å². The lowest BCUT2D eigenvalue weighted by molar-refractivity contribution is -0.170. The summed E-state index contributed by atoms with van der Waals surface area (Å²) in [5.74, 6) is -0.0212. The lowest BCUT2D eigenvalue weighted by Gasteiger charge is -2.55. The van der Waals surface area contributed by atoms with Crippen molar-refractivity contribution in [3.05, 3.63) is 35.9 Å². The molecule has 0 aromatic heterocycles. The lowest BCUT2D eigenvalue weighted by Crippen LogP contribution is -2.52. The van der Waals surface area contributed by atoms with Gasteiger partial charge in [-0.2, -0.15) is 0 Å². The van der Waals surface area contributed by atoms with Crippen molar-refractivity contribution >= 4 is 5.97 Å². The van der Waals surface area contributed by atoms with E-state index in [1.165, 1.54) is 0 Å². The quantitative estimate of drug-likeness (QED) is 0.832. The molecule has 0 radical (unpaired) electrons. The number of aliphatic hydroxyl groups excluding tert-OH is 1. The third-order valence-corrected chi connectivity index (χ3v) is 4.25. The van der Waals surface area contributed by atoms with E-state index < -0.39 is 0 Å². The molecule has 0 amide bonds. The molecule has 0 aliphatic heterocycles. The third kappa shape index (κ3) is 2.15. The van der Waals surface area contributed by atoms with Crippen LogP contribution in [0.4, 0.5) is 0 Å². The summed E-state index contributed by atoms with van der Waals surface area (Å²) in [6.45, 7) is 0.367. The molecule has 96 valence electrons. The van der Waals surface area contributed by atoms with Crippen molar-refractivity contribution in [3.63, 3.8) is 0 Å². The molecule has 2 saturated carbocycles. The van der Waals surface area contributed by atoms with E-state index in [2.05, 4.69) is 0 Å². The molecule has 18 heavy (non-hydrogen) atoms. The van der Waals surface area contributed by atoms with E-state index in [0.717, 1.165) is 31.2 Å². The average molecular weight is 246 g/mol. The number of carbonyl (C=O) groups excluding carboxylic acids is 1. The number of aliphatic hydroxyl groups is 1. The predicted molar refractivity (Wildman–Crippen MR) is 66.6 cm³/mol. The van der Waals surface area contributed by atoms with Gasteiger partial charge in [-0.1, -0.05) is 30.3 Å². The third-order valence-electron chi connectivity index (χ3n) is 4.25. The van der Waals surface area contributed by atoms with Crippen LogP contribution in [0.5, 0.6) is 0 Å². The van der Waals surface area contributed by atoms with Crippen LogP contribution in [-0.2, 0) is 16.1 Å². The second-order valence-corrected chi connectivity index (χ2v) is 5.76. The number of hydrogen-bond donors (Lipinski definition) is 1. The molecule has 1 spiro atoms. The first-order valence-electron chi connectivity index (χ1n) is 6.56. The highest BCUT2D eigenvalue weighted by atomic mass is 16.5. The fourth-order valence-corrected chi connectivity index (χ4v) is 3.27. The van der Waals surface area contributed by atoms with Gasteiger partial charge in [0.25, 0.3) is 0 Å². The Kier molecular flexibility index (Phi) is 2.86. The van der Waals surface area contributed by atoms with E-state index in [4.69, 9.17) is 4.74 Å². The Morgan fingerprint density at radius 2 is 1.89 bits per heavy atom. The van der Waals surface area contributed by atoms with Gasteiger partial charge in [0.1, 0.15) is 6.61 Å². The molecular formula is C15H18O3. The minimum absolute atomic E-state index is 0.0567. The normalized spacial score (nSPS) is 33.6. The molecule has 1 N–H and O–H groups in total. The van der Waals surface area contributed by atoms with Crippen molar-refractivity contribution in [2.45, 2.75) is 38.4 Å². The van der Waals surface area contributed by atoms with Crippen LogP contribution in [0.15, 0.2) is 30.3 Å². The molecule has 0 saturated heterocycles. The molecule has 2 aliphatic rings. The van der Waals surface area contributed by atoms with Crippen LogP contribution in [0, 0.1) is 11.3 Å². The summed E-state index contributed by atoms with van der Waals surface area (Å²) < 4.78 is 5.32. The largest absolute Gasteiger partial charge is 0.461 e. The maximum atomic E-state index is 11.8. The van der Waals surface area contributed by atoms with Crippen LogP contribution < -0.4 is 0 Å². The summed E-state index contributed by atoms with van der Waals surface area (Å²) in [7, 11) is 0. The fourth-order valence-electron chi connectivity index (χ4n) is 3.27. The Morgan fingerprint density at radius 3 is 2.50 bits per heavy atom. The van der Waals surface area contributed by atoms with Crippen LogP contribution in [0.2, 0.25) is 0 Å². The first-order chi connectivity index (χ1) is 8.67. The molecule has 3 rings (SSSR count). The zero-order valence-electron chi connectivity index (χ0n) is 10.3. The van der Waals surface area contributed by atoms with Gasteiger partial charge in [-0.05, 0) is 36.7 Å². The van der Waals surface area contributed by atoms with E-state index in [0.29, 0.717) is 6.61 Å². The van der Waals surface area contributed by atoms with Crippen LogP contribution >= 0.6 is 0 Å². The van der Waals surface area contributed by atoms with Gasteiger partial charge in [-0.3, -0.25) is 4.79 Å². The molecule has 0 bridgehead atoms. The fraction of sp³-hybridized carbons (Fsp3) is 0.533. The molecular weight excluding hydrogens is 228 g/mol. The predicted octanol–water partition coefficient (Wildman–Crippen LogP) is 2.28. The van der Waals surface area contributed by atoms with E-state index in [1.807, 2.05) is 30.3 Å². The monoisotopic (exact) mass is 246 g/mol. The van der Waals surface area contributed by atoms with Crippen molar-refractivity contribution in [3.8, 4) is 0 Å². The smallest absolute Gasteiger partial charge is 0.309 e. The topological polar surface area (TPSA) is 46.5 Å². The van der Waals surface area contributed by atoms with Crippen LogP contribution in [-0.4, -0.2) is 17.2 Å². The van der Waals surface area contributed by atoms with Crippen LogP contribution in [0.3, 0.4) is 0 Å². The minimum atomic E-state index is -0.133. The van der Waals surface area contributed by atoms with Crippen molar-refractivity contribution in [2.24, 2.45) is 11.3 Å². The van der Waals surface area contributed by atoms with Crippen LogP contribution in [0.1, 0.15) is 31.2 Å². The van der Waals surface area contributed by atoms with Gasteiger partial charge < -0.3 is 9.84 Å². The standard InChI is InChI=1S/C15H18O3/c16-13-8-15(9-13)6-12(7-15)14(17)18-10-11-4-2-1-3-5-11/h1-5,12-13,16H,6-10H2/t12-,13-,15?. The summed E-state index contributed by atoms with van der Waals surface area (Å²) in [5.41, 5.74) is 1.30. The second kappa shape index (κ2) is 4.39. The maximum absolute atomic E-state index is 11.8. The maximum Gasteiger partial charge on any atom is 0.309 e. The first kappa shape index (κ1) is 11.7. The summed E-state index contributed by atoms with van der Waals surface area (Å²) in [4.78, 5) is 11.8. The van der Waals surface area contributed by atoms with E-state index in [9.17, 15) is 9.90 Å². The molecule has 2 fully saturated rings. The number of carbonyl (C=O) groups is 1. The number of rotatable bonds is 3. The number of ether oxygens (including phenoxy) is 1. The molecule has 3 heteroatoms. The highest BCUT2D eigenvalue weighted by Crippen LogP contribution is 2.58. The molecule has 1 aromatic rings. The highest BCUT2D eigenvalue weighted by Gasteiger charge is 2.54. The Hall–Kier alpha value is -1.35.